The number of nitrogens with one attached hydrogen (secondary N) is 2. The Morgan fingerprint density at radius 2 is 1.70 bits per heavy atom. The minimum atomic E-state index is -1.02. The largest absolute Gasteiger partial charge is 0.497 e. The fraction of sp³-hybridized carbons (Fsp3) is 0.286. The number of carboxylic acid groups (broad SMARTS) is 1. The van der Waals surface area contributed by atoms with E-state index in [9.17, 15) is 14.4 Å². The number of hydrogen-bond donors (Lipinski definition) is 3. The van der Waals surface area contributed by atoms with Gasteiger partial charge in [0.1, 0.15) is 11.5 Å². The Balaban J connectivity index is 1.92. The number of thioether (sulfide) groups is 1. The molecule has 1 unspecified atom stereocenters. The summed E-state index contributed by atoms with van der Waals surface area (Å²) < 4.78 is 10.4. The van der Waals surface area contributed by atoms with Crippen molar-refractivity contribution in [3.63, 3.8) is 0 Å². The van der Waals surface area contributed by atoms with Crippen molar-refractivity contribution in [2.24, 2.45) is 0 Å². The van der Waals surface area contributed by atoms with Gasteiger partial charge < -0.3 is 25.2 Å². The number of carbonyl (C=O) groups excluding carboxylic acids is 2. The predicted octanol–water partition coefficient (Wildman–Crippen LogP) is 3.63. The number of anilines is 2. The summed E-state index contributed by atoms with van der Waals surface area (Å²) >= 11 is 1.37. The fourth-order valence-corrected chi connectivity index (χ4v) is 3.32. The van der Waals surface area contributed by atoms with E-state index in [-0.39, 0.29) is 29.9 Å². The highest BCUT2D eigenvalue weighted by atomic mass is 32.2. The predicted molar refractivity (Wildman–Crippen MR) is 115 cm³/mol. The maximum absolute atomic E-state index is 12.6. The SMILES string of the molecule is COc1ccc(NC(=O)C(C)Sc2ccc(NC(=O)CCC(=O)O)cc2)c(OC)c1. The van der Waals surface area contributed by atoms with Gasteiger partial charge in [0.25, 0.3) is 0 Å². The maximum atomic E-state index is 12.6. The summed E-state index contributed by atoms with van der Waals surface area (Å²) in [6, 6.07) is 12.1. The molecule has 2 aromatic carbocycles. The van der Waals surface area contributed by atoms with Gasteiger partial charge in [-0.3, -0.25) is 14.4 Å². The van der Waals surface area contributed by atoms with Crippen molar-refractivity contribution in [2.45, 2.75) is 29.9 Å². The lowest BCUT2D eigenvalue weighted by atomic mass is 10.2. The third-order valence-corrected chi connectivity index (χ3v) is 5.16. The zero-order valence-corrected chi connectivity index (χ0v) is 17.7. The number of benzene rings is 2. The monoisotopic (exact) mass is 432 g/mol. The second-order valence-electron chi connectivity index (χ2n) is 6.28. The Hall–Kier alpha value is -3.20. The maximum Gasteiger partial charge on any atom is 0.303 e. The summed E-state index contributed by atoms with van der Waals surface area (Å²) in [5, 5.41) is 13.7. The van der Waals surface area contributed by atoms with Gasteiger partial charge in [-0.15, -0.1) is 11.8 Å². The molecule has 160 valence electrons. The van der Waals surface area contributed by atoms with Crippen LogP contribution in [0.15, 0.2) is 47.4 Å². The summed E-state index contributed by atoms with van der Waals surface area (Å²) in [5.74, 6) is -0.435. The van der Waals surface area contributed by atoms with Crippen LogP contribution in [0.2, 0.25) is 0 Å². The molecule has 9 heteroatoms. The van der Waals surface area contributed by atoms with Crippen LogP contribution >= 0.6 is 11.8 Å². The van der Waals surface area contributed by atoms with Crippen molar-refractivity contribution in [2.75, 3.05) is 24.9 Å². The normalized spacial score (nSPS) is 11.3. The molecule has 0 radical (unpaired) electrons. The minimum Gasteiger partial charge on any atom is -0.497 e. The van der Waals surface area contributed by atoms with Gasteiger partial charge in [0.15, 0.2) is 0 Å². The van der Waals surface area contributed by atoms with Crippen molar-refractivity contribution in [1.29, 1.82) is 0 Å². The first-order chi connectivity index (χ1) is 14.3. The molecule has 0 aliphatic carbocycles. The Labute approximate surface area is 179 Å². The van der Waals surface area contributed by atoms with Gasteiger partial charge in [-0.05, 0) is 43.3 Å². The van der Waals surface area contributed by atoms with E-state index in [1.54, 1.807) is 56.5 Å². The van der Waals surface area contributed by atoms with E-state index >= 15 is 0 Å². The highest BCUT2D eigenvalue weighted by Gasteiger charge is 2.17. The summed E-state index contributed by atoms with van der Waals surface area (Å²) in [6.07, 6.45) is -0.302. The average Bonchev–Trinajstić information content (AvgIpc) is 2.73. The number of methoxy groups -OCH3 is 2. The molecular weight excluding hydrogens is 408 g/mol. The van der Waals surface area contributed by atoms with Crippen LogP contribution in [0.5, 0.6) is 11.5 Å². The third kappa shape index (κ3) is 7.00. The topological polar surface area (TPSA) is 114 Å². The van der Waals surface area contributed by atoms with Gasteiger partial charge in [0, 0.05) is 23.1 Å². The van der Waals surface area contributed by atoms with E-state index in [1.807, 2.05) is 0 Å². The van der Waals surface area contributed by atoms with Crippen LogP contribution in [0.3, 0.4) is 0 Å². The number of ether oxygens (including phenoxy) is 2. The van der Waals surface area contributed by atoms with Gasteiger partial charge in [-0.25, -0.2) is 0 Å². The number of hydrogen-bond acceptors (Lipinski definition) is 6. The summed E-state index contributed by atoms with van der Waals surface area (Å²) in [6.45, 7) is 1.79. The lowest BCUT2D eigenvalue weighted by Crippen LogP contribution is -2.22. The molecule has 0 saturated carbocycles. The number of carboxylic acids is 1. The lowest BCUT2D eigenvalue weighted by Gasteiger charge is -2.15. The Kier molecular flexibility index (Phi) is 8.54. The number of aliphatic carboxylic acids is 1. The Morgan fingerprint density at radius 1 is 1.00 bits per heavy atom. The molecule has 0 aliphatic heterocycles. The molecule has 3 N–H and O–H groups in total. The summed E-state index contributed by atoms with van der Waals surface area (Å²) in [5.41, 5.74) is 1.12. The van der Waals surface area contributed by atoms with E-state index in [1.165, 1.54) is 18.9 Å². The van der Waals surface area contributed by atoms with Crippen LogP contribution in [-0.4, -0.2) is 42.4 Å². The first kappa shape index (κ1) is 23.1. The van der Waals surface area contributed by atoms with Gasteiger partial charge in [0.2, 0.25) is 11.8 Å². The van der Waals surface area contributed by atoms with E-state index in [0.29, 0.717) is 22.9 Å². The first-order valence-electron chi connectivity index (χ1n) is 9.13. The van der Waals surface area contributed by atoms with E-state index < -0.39 is 5.97 Å². The van der Waals surface area contributed by atoms with Crippen LogP contribution in [0.4, 0.5) is 11.4 Å². The molecular formula is C21H24N2O6S. The molecule has 2 rings (SSSR count). The molecule has 1 atom stereocenters. The molecule has 0 heterocycles. The molecule has 0 saturated heterocycles. The number of rotatable bonds is 10. The third-order valence-electron chi connectivity index (χ3n) is 4.05. The average molecular weight is 432 g/mol. The highest BCUT2D eigenvalue weighted by molar-refractivity contribution is 8.00. The molecule has 0 aromatic heterocycles. The number of amides is 2. The van der Waals surface area contributed by atoms with Gasteiger partial charge in [-0.2, -0.15) is 0 Å². The first-order valence-corrected chi connectivity index (χ1v) is 10.0. The van der Waals surface area contributed by atoms with E-state index in [2.05, 4.69) is 10.6 Å². The Morgan fingerprint density at radius 3 is 2.30 bits per heavy atom. The van der Waals surface area contributed by atoms with Crippen LogP contribution < -0.4 is 20.1 Å². The van der Waals surface area contributed by atoms with Crippen molar-refractivity contribution in [3.8, 4) is 11.5 Å². The molecule has 0 spiro atoms. The lowest BCUT2D eigenvalue weighted by molar-refractivity contribution is -0.138. The molecule has 2 amide bonds. The minimum absolute atomic E-state index is 0.0855. The van der Waals surface area contributed by atoms with Crippen LogP contribution in [0.1, 0.15) is 19.8 Å². The van der Waals surface area contributed by atoms with Crippen molar-refractivity contribution < 1.29 is 29.0 Å². The zero-order chi connectivity index (χ0) is 22.1. The van der Waals surface area contributed by atoms with Crippen LogP contribution in [0, 0.1) is 0 Å². The molecule has 30 heavy (non-hydrogen) atoms. The van der Waals surface area contributed by atoms with Crippen LogP contribution in [-0.2, 0) is 14.4 Å². The van der Waals surface area contributed by atoms with Crippen molar-refractivity contribution >= 4 is 40.9 Å². The van der Waals surface area contributed by atoms with Gasteiger partial charge in [0.05, 0.1) is 31.6 Å². The van der Waals surface area contributed by atoms with Gasteiger partial charge in [-0.1, -0.05) is 0 Å². The van der Waals surface area contributed by atoms with Crippen molar-refractivity contribution in [3.05, 3.63) is 42.5 Å². The fourth-order valence-electron chi connectivity index (χ4n) is 2.45. The quantitative estimate of drug-likeness (QED) is 0.491. The second kappa shape index (κ2) is 11.1. The second-order valence-corrected chi connectivity index (χ2v) is 7.70. The van der Waals surface area contributed by atoms with Gasteiger partial charge >= 0.3 is 5.97 Å². The van der Waals surface area contributed by atoms with E-state index in [0.717, 1.165) is 4.90 Å². The highest BCUT2D eigenvalue weighted by Crippen LogP contribution is 2.31. The summed E-state index contributed by atoms with van der Waals surface area (Å²) in [4.78, 5) is 35.6. The zero-order valence-electron chi connectivity index (χ0n) is 16.9. The van der Waals surface area contributed by atoms with Crippen LogP contribution in [0.25, 0.3) is 0 Å². The molecule has 0 aliphatic rings. The number of carbonyl (C=O) groups is 3. The van der Waals surface area contributed by atoms with E-state index in [4.69, 9.17) is 14.6 Å². The van der Waals surface area contributed by atoms with Crippen molar-refractivity contribution in [1.82, 2.24) is 0 Å². The molecule has 8 nitrogen and oxygen atoms in total. The molecule has 0 bridgehead atoms. The standard InChI is InChI=1S/C21H24N2O6S/c1-13(21(27)23-17-9-6-15(28-2)12-18(17)29-3)30-16-7-4-14(5-8-16)22-19(24)10-11-20(25)26/h4-9,12-13H,10-11H2,1-3H3,(H,22,24)(H,23,27)(H,25,26). The Bertz CT molecular complexity index is 901. The molecule has 0 fully saturated rings. The smallest absolute Gasteiger partial charge is 0.303 e. The molecule has 2 aromatic rings. The summed E-state index contributed by atoms with van der Waals surface area (Å²) in [7, 11) is 3.07.